The van der Waals surface area contributed by atoms with E-state index in [-0.39, 0.29) is 5.92 Å². The summed E-state index contributed by atoms with van der Waals surface area (Å²) in [6, 6.07) is 0. The Kier molecular flexibility index (Phi) is 2.41. The van der Waals surface area contributed by atoms with Gasteiger partial charge in [-0.05, 0) is 18.8 Å². The summed E-state index contributed by atoms with van der Waals surface area (Å²) in [5.74, 6) is -0.216. The second kappa shape index (κ2) is 2.93. The van der Waals surface area contributed by atoms with Crippen molar-refractivity contribution in [3.8, 4) is 0 Å². The topological polar surface area (TPSA) is 0 Å². The predicted octanol–water partition coefficient (Wildman–Crippen LogP) is 3.77. The van der Waals surface area contributed by atoms with Crippen LogP contribution in [0.5, 0.6) is 0 Å². The molecule has 0 radical (unpaired) electrons. The summed E-state index contributed by atoms with van der Waals surface area (Å²) in [7, 11) is 0. The van der Waals surface area contributed by atoms with E-state index in [1.54, 1.807) is 6.92 Å². The maximum Gasteiger partial charge on any atom is 0.394 e. The molecule has 72 valence electrons. The van der Waals surface area contributed by atoms with Crippen LogP contribution < -0.4 is 0 Å². The molecule has 0 aromatic carbocycles. The zero-order valence-corrected chi connectivity index (χ0v) is 7.54. The Morgan fingerprint density at radius 2 is 1.83 bits per heavy atom. The van der Waals surface area contributed by atoms with Crippen LogP contribution in [0.1, 0.15) is 39.5 Å². The molecule has 0 aliphatic heterocycles. The van der Waals surface area contributed by atoms with Gasteiger partial charge in [-0.2, -0.15) is 13.2 Å². The molecule has 0 spiro atoms. The van der Waals surface area contributed by atoms with Crippen molar-refractivity contribution in [3.63, 3.8) is 0 Å². The first-order valence-electron chi connectivity index (χ1n) is 4.51. The van der Waals surface area contributed by atoms with E-state index in [0.717, 1.165) is 6.42 Å². The van der Waals surface area contributed by atoms with Gasteiger partial charge in [-0.3, -0.25) is 0 Å². The van der Waals surface area contributed by atoms with Gasteiger partial charge in [0.1, 0.15) is 0 Å². The van der Waals surface area contributed by atoms with E-state index in [9.17, 15) is 13.2 Å². The molecule has 0 heterocycles. The number of hydrogen-bond acceptors (Lipinski definition) is 0. The number of alkyl halides is 3. The molecule has 1 unspecified atom stereocenters. The van der Waals surface area contributed by atoms with Crippen LogP contribution in [-0.4, -0.2) is 6.18 Å². The lowest BCUT2D eigenvalue weighted by Gasteiger charge is -2.47. The molecule has 0 nitrogen and oxygen atoms in total. The quantitative estimate of drug-likeness (QED) is 0.606. The van der Waals surface area contributed by atoms with Crippen LogP contribution in [0.4, 0.5) is 13.2 Å². The first-order valence-corrected chi connectivity index (χ1v) is 4.51. The molecule has 1 atom stereocenters. The average Bonchev–Trinajstić information content (AvgIpc) is 1.81. The lowest BCUT2D eigenvalue weighted by Crippen LogP contribution is -2.48. The van der Waals surface area contributed by atoms with E-state index in [4.69, 9.17) is 0 Å². The maximum atomic E-state index is 12.6. The minimum absolute atomic E-state index is 0.216. The number of halogens is 3. The second-order valence-corrected chi connectivity index (χ2v) is 3.82. The summed E-state index contributed by atoms with van der Waals surface area (Å²) >= 11 is 0. The van der Waals surface area contributed by atoms with Gasteiger partial charge in [0.15, 0.2) is 0 Å². The van der Waals surface area contributed by atoms with Crippen LogP contribution in [0, 0.1) is 11.3 Å². The van der Waals surface area contributed by atoms with Crippen molar-refractivity contribution in [2.75, 3.05) is 0 Å². The van der Waals surface area contributed by atoms with Gasteiger partial charge >= 0.3 is 6.18 Å². The van der Waals surface area contributed by atoms with Gasteiger partial charge in [0.25, 0.3) is 0 Å². The molecular formula is C9H15F3. The van der Waals surface area contributed by atoms with Crippen LogP contribution in [-0.2, 0) is 0 Å². The zero-order chi connectivity index (χ0) is 9.41. The predicted molar refractivity (Wildman–Crippen MR) is 41.8 cm³/mol. The highest BCUT2D eigenvalue weighted by Crippen LogP contribution is 2.58. The number of rotatable bonds is 2. The molecule has 0 amide bonds. The van der Waals surface area contributed by atoms with Crippen LogP contribution in [0.2, 0.25) is 0 Å². The van der Waals surface area contributed by atoms with Crippen molar-refractivity contribution in [2.45, 2.75) is 45.7 Å². The van der Waals surface area contributed by atoms with Crippen molar-refractivity contribution < 1.29 is 13.2 Å². The van der Waals surface area contributed by atoms with Crippen molar-refractivity contribution in [1.82, 2.24) is 0 Å². The summed E-state index contributed by atoms with van der Waals surface area (Å²) in [5.41, 5.74) is -1.33. The van der Waals surface area contributed by atoms with Gasteiger partial charge in [-0.15, -0.1) is 0 Å². The average molecular weight is 180 g/mol. The highest BCUT2D eigenvalue weighted by Gasteiger charge is 2.60. The van der Waals surface area contributed by atoms with E-state index >= 15 is 0 Å². The lowest BCUT2D eigenvalue weighted by molar-refractivity contribution is -0.269. The zero-order valence-electron chi connectivity index (χ0n) is 7.54. The van der Waals surface area contributed by atoms with E-state index in [2.05, 4.69) is 0 Å². The highest BCUT2D eigenvalue weighted by molar-refractivity contribution is 4.96. The van der Waals surface area contributed by atoms with E-state index in [1.165, 1.54) is 0 Å². The number of hydrogen-bond donors (Lipinski definition) is 0. The summed E-state index contributed by atoms with van der Waals surface area (Å²) in [4.78, 5) is 0. The smallest absolute Gasteiger partial charge is 0.170 e. The standard InChI is InChI=1S/C9H15F3/c1-3-7(2)8(5-4-6-8)9(10,11)12/h7H,3-6H2,1-2H3. The fraction of sp³-hybridized carbons (Fsp3) is 1.00. The fourth-order valence-electron chi connectivity index (χ4n) is 2.00. The van der Waals surface area contributed by atoms with Gasteiger partial charge in [-0.25, -0.2) is 0 Å². The van der Waals surface area contributed by atoms with Crippen molar-refractivity contribution in [2.24, 2.45) is 11.3 Å². The monoisotopic (exact) mass is 180 g/mol. The van der Waals surface area contributed by atoms with E-state index in [1.807, 2.05) is 6.92 Å². The highest BCUT2D eigenvalue weighted by atomic mass is 19.4. The molecule has 0 N–H and O–H groups in total. The van der Waals surface area contributed by atoms with E-state index in [0.29, 0.717) is 19.3 Å². The van der Waals surface area contributed by atoms with Crippen LogP contribution in [0.15, 0.2) is 0 Å². The molecule has 1 fully saturated rings. The third-order valence-corrected chi connectivity index (χ3v) is 3.37. The molecule has 0 aromatic heterocycles. The van der Waals surface area contributed by atoms with Crippen molar-refractivity contribution in [1.29, 1.82) is 0 Å². The van der Waals surface area contributed by atoms with Gasteiger partial charge in [0.2, 0.25) is 0 Å². The third-order valence-electron chi connectivity index (χ3n) is 3.37. The van der Waals surface area contributed by atoms with Gasteiger partial charge in [0.05, 0.1) is 5.41 Å². The molecular weight excluding hydrogens is 165 g/mol. The molecule has 0 saturated heterocycles. The SMILES string of the molecule is CCC(C)C1(C(F)(F)F)CCC1. The summed E-state index contributed by atoms with van der Waals surface area (Å²) in [6.07, 6.45) is -1.94. The molecule has 1 saturated carbocycles. The van der Waals surface area contributed by atoms with Crippen molar-refractivity contribution in [3.05, 3.63) is 0 Å². The molecule has 1 rings (SSSR count). The largest absolute Gasteiger partial charge is 0.394 e. The normalized spacial score (nSPS) is 24.8. The van der Waals surface area contributed by atoms with E-state index < -0.39 is 11.6 Å². The molecule has 3 heteroatoms. The van der Waals surface area contributed by atoms with Crippen LogP contribution in [0.25, 0.3) is 0 Å². The Hall–Kier alpha value is -0.210. The molecule has 0 aromatic rings. The Labute approximate surface area is 71.1 Å². The first-order chi connectivity index (χ1) is 5.44. The lowest BCUT2D eigenvalue weighted by atomic mass is 9.60. The Bertz CT molecular complexity index is 156. The Balaban J connectivity index is 2.76. The van der Waals surface area contributed by atoms with Gasteiger partial charge < -0.3 is 0 Å². The Morgan fingerprint density at radius 3 is 1.92 bits per heavy atom. The minimum atomic E-state index is -3.99. The van der Waals surface area contributed by atoms with Gasteiger partial charge in [0, 0.05) is 0 Å². The molecule has 0 bridgehead atoms. The van der Waals surface area contributed by atoms with Gasteiger partial charge in [-0.1, -0.05) is 26.7 Å². The molecule has 1 aliphatic rings. The third kappa shape index (κ3) is 1.23. The van der Waals surface area contributed by atoms with Crippen LogP contribution >= 0.6 is 0 Å². The summed E-state index contributed by atoms with van der Waals surface area (Å²) in [5, 5.41) is 0. The first kappa shape index (κ1) is 9.87. The second-order valence-electron chi connectivity index (χ2n) is 3.82. The maximum absolute atomic E-state index is 12.6. The van der Waals surface area contributed by atoms with Crippen LogP contribution in [0.3, 0.4) is 0 Å². The fourth-order valence-corrected chi connectivity index (χ4v) is 2.00. The summed E-state index contributed by atoms with van der Waals surface area (Å²) in [6.45, 7) is 3.54. The molecule has 12 heavy (non-hydrogen) atoms. The molecule has 1 aliphatic carbocycles. The van der Waals surface area contributed by atoms with Crippen molar-refractivity contribution >= 4 is 0 Å². The Morgan fingerprint density at radius 1 is 1.33 bits per heavy atom. The summed E-state index contributed by atoms with van der Waals surface area (Å²) < 4.78 is 37.8. The minimum Gasteiger partial charge on any atom is -0.170 e.